The van der Waals surface area contributed by atoms with Gasteiger partial charge in [0.05, 0.1) is 6.04 Å². The Kier molecular flexibility index (Phi) is 6.19. The number of amides is 3. The summed E-state index contributed by atoms with van der Waals surface area (Å²) in [5.74, 6) is -1.90. The van der Waals surface area contributed by atoms with Crippen LogP contribution in [-0.4, -0.2) is 58.6 Å². The predicted octanol–water partition coefficient (Wildman–Crippen LogP) is 4.00. The molecule has 0 aliphatic carbocycles. The third-order valence-electron chi connectivity index (χ3n) is 5.16. The minimum absolute atomic E-state index is 0.0260. The molecule has 0 spiro atoms. The minimum atomic E-state index is -1.10. The SMILES string of the molecule is Cc1cc(F)ccc1C1CN(C(=O)O)CCN1C(=O)N(C)Cc1cc(F)cc(F)c1. The van der Waals surface area contributed by atoms with Gasteiger partial charge >= 0.3 is 12.1 Å². The predicted molar refractivity (Wildman–Crippen MR) is 103 cm³/mol. The highest BCUT2D eigenvalue weighted by molar-refractivity contribution is 5.75. The molecule has 6 nitrogen and oxygen atoms in total. The first-order valence-electron chi connectivity index (χ1n) is 9.36. The summed E-state index contributed by atoms with van der Waals surface area (Å²) >= 11 is 0. The molecule has 1 atom stereocenters. The van der Waals surface area contributed by atoms with E-state index in [9.17, 15) is 27.9 Å². The molecule has 0 bridgehead atoms. The van der Waals surface area contributed by atoms with Gasteiger partial charge in [-0.25, -0.2) is 22.8 Å². The van der Waals surface area contributed by atoms with Crippen molar-refractivity contribution < 1.29 is 27.9 Å². The summed E-state index contributed by atoms with van der Waals surface area (Å²) in [4.78, 5) is 28.6. The van der Waals surface area contributed by atoms with Gasteiger partial charge in [-0.05, 0) is 47.9 Å². The largest absolute Gasteiger partial charge is 0.465 e. The van der Waals surface area contributed by atoms with E-state index in [1.165, 1.54) is 33.9 Å². The van der Waals surface area contributed by atoms with Crippen molar-refractivity contribution in [2.75, 3.05) is 26.7 Å². The monoisotopic (exact) mass is 421 g/mol. The molecule has 1 fully saturated rings. The van der Waals surface area contributed by atoms with Gasteiger partial charge in [-0.2, -0.15) is 0 Å². The van der Waals surface area contributed by atoms with Crippen LogP contribution in [0.3, 0.4) is 0 Å². The molecule has 1 unspecified atom stereocenters. The lowest BCUT2D eigenvalue weighted by Gasteiger charge is -2.42. The molecule has 160 valence electrons. The number of carboxylic acid groups (broad SMARTS) is 1. The third kappa shape index (κ3) is 4.67. The third-order valence-corrected chi connectivity index (χ3v) is 5.16. The van der Waals surface area contributed by atoms with Crippen molar-refractivity contribution in [2.45, 2.75) is 19.5 Å². The zero-order chi connectivity index (χ0) is 22.0. The van der Waals surface area contributed by atoms with Crippen LogP contribution in [0.25, 0.3) is 0 Å². The Morgan fingerprint density at radius 2 is 1.73 bits per heavy atom. The van der Waals surface area contributed by atoms with Gasteiger partial charge in [0.2, 0.25) is 0 Å². The molecular weight excluding hydrogens is 399 g/mol. The molecule has 0 radical (unpaired) electrons. The number of carbonyl (C=O) groups is 2. The fourth-order valence-corrected chi connectivity index (χ4v) is 3.73. The number of rotatable bonds is 3. The summed E-state index contributed by atoms with van der Waals surface area (Å²) in [7, 11) is 1.50. The second-order valence-electron chi connectivity index (χ2n) is 7.36. The molecule has 2 aromatic carbocycles. The molecule has 1 heterocycles. The second kappa shape index (κ2) is 8.64. The summed E-state index contributed by atoms with van der Waals surface area (Å²) in [5.41, 5.74) is 1.53. The quantitative estimate of drug-likeness (QED) is 0.815. The van der Waals surface area contributed by atoms with Crippen LogP contribution in [0.5, 0.6) is 0 Å². The van der Waals surface area contributed by atoms with Crippen LogP contribution in [0.1, 0.15) is 22.7 Å². The topological polar surface area (TPSA) is 64.1 Å². The second-order valence-corrected chi connectivity index (χ2v) is 7.36. The highest BCUT2D eigenvalue weighted by atomic mass is 19.1. The fraction of sp³-hybridized carbons (Fsp3) is 0.333. The van der Waals surface area contributed by atoms with E-state index in [2.05, 4.69) is 0 Å². The average molecular weight is 421 g/mol. The Morgan fingerprint density at radius 3 is 2.33 bits per heavy atom. The van der Waals surface area contributed by atoms with Crippen LogP contribution in [0, 0.1) is 24.4 Å². The van der Waals surface area contributed by atoms with Crippen molar-refractivity contribution in [1.29, 1.82) is 0 Å². The summed E-state index contributed by atoms with van der Waals surface area (Å²) in [5, 5.41) is 9.38. The molecule has 1 N–H and O–H groups in total. The van der Waals surface area contributed by atoms with Crippen molar-refractivity contribution in [3.63, 3.8) is 0 Å². The van der Waals surface area contributed by atoms with Gasteiger partial charge in [0.25, 0.3) is 0 Å². The number of hydrogen-bond donors (Lipinski definition) is 1. The Morgan fingerprint density at radius 1 is 1.07 bits per heavy atom. The van der Waals surface area contributed by atoms with Crippen LogP contribution >= 0.6 is 0 Å². The molecule has 1 saturated heterocycles. The van der Waals surface area contributed by atoms with Crippen LogP contribution in [0.4, 0.5) is 22.8 Å². The van der Waals surface area contributed by atoms with E-state index in [1.54, 1.807) is 13.0 Å². The van der Waals surface area contributed by atoms with Crippen molar-refractivity contribution in [2.24, 2.45) is 0 Å². The van der Waals surface area contributed by atoms with Gasteiger partial charge in [-0.15, -0.1) is 0 Å². The standard InChI is InChI=1S/C21H22F3N3O3/c1-13-7-15(22)3-4-18(13)19-12-26(21(29)30)5-6-27(19)20(28)25(2)11-14-8-16(23)10-17(24)9-14/h3-4,7-10,19H,5-6,11-12H2,1-2H3,(H,29,30). The van der Waals surface area contributed by atoms with Crippen molar-refractivity contribution >= 4 is 12.1 Å². The van der Waals surface area contributed by atoms with E-state index in [0.717, 1.165) is 18.2 Å². The summed E-state index contributed by atoms with van der Waals surface area (Å²) < 4.78 is 40.5. The van der Waals surface area contributed by atoms with Gasteiger partial charge in [-0.3, -0.25) is 0 Å². The van der Waals surface area contributed by atoms with Crippen LogP contribution in [0.15, 0.2) is 36.4 Å². The Bertz CT molecular complexity index is 950. The lowest BCUT2D eigenvalue weighted by molar-refractivity contribution is 0.0711. The Balaban J connectivity index is 1.86. The maximum absolute atomic E-state index is 13.6. The van der Waals surface area contributed by atoms with Crippen LogP contribution < -0.4 is 0 Å². The summed E-state index contributed by atoms with van der Waals surface area (Å²) in [6, 6.07) is 6.16. The number of piperazine rings is 1. The molecule has 9 heteroatoms. The molecule has 1 aliphatic rings. The number of urea groups is 1. The maximum Gasteiger partial charge on any atom is 0.407 e. The molecule has 0 aromatic heterocycles. The van der Waals surface area contributed by atoms with Gasteiger partial charge in [0.1, 0.15) is 17.5 Å². The first-order valence-corrected chi connectivity index (χ1v) is 9.36. The van der Waals surface area contributed by atoms with Crippen molar-refractivity contribution in [1.82, 2.24) is 14.7 Å². The lowest BCUT2D eigenvalue weighted by atomic mass is 9.97. The number of hydrogen-bond acceptors (Lipinski definition) is 2. The smallest absolute Gasteiger partial charge is 0.407 e. The zero-order valence-electron chi connectivity index (χ0n) is 16.6. The highest BCUT2D eigenvalue weighted by Crippen LogP contribution is 2.29. The van der Waals surface area contributed by atoms with Crippen LogP contribution in [0.2, 0.25) is 0 Å². The van der Waals surface area contributed by atoms with Crippen molar-refractivity contribution in [3.8, 4) is 0 Å². The van der Waals surface area contributed by atoms with E-state index in [1.807, 2.05) is 0 Å². The molecule has 1 aliphatic heterocycles. The van der Waals surface area contributed by atoms with Crippen LogP contribution in [-0.2, 0) is 6.54 Å². The van der Waals surface area contributed by atoms with Gasteiger partial charge in [0.15, 0.2) is 0 Å². The van der Waals surface area contributed by atoms with E-state index in [0.29, 0.717) is 16.7 Å². The molecule has 3 amide bonds. The molecule has 30 heavy (non-hydrogen) atoms. The number of halogens is 3. The average Bonchev–Trinajstić information content (AvgIpc) is 2.66. The number of carbonyl (C=O) groups excluding carboxylic acids is 1. The first-order chi connectivity index (χ1) is 14.2. The summed E-state index contributed by atoms with van der Waals surface area (Å²) in [6.07, 6.45) is -1.10. The number of nitrogens with zero attached hydrogens (tertiary/aromatic N) is 3. The van der Waals surface area contributed by atoms with E-state index < -0.39 is 35.6 Å². The number of benzene rings is 2. The first kappa shape index (κ1) is 21.5. The molecule has 0 saturated carbocycles. The van der Waals surface area contributed by atoms with Gasteiger partial charge < -0.3 is 19.8 Å². The summed E-state index contributed by atoms with van der Waals surface area (Å²) in [6.45, 7) is 1.96. The Hall–Kier alpha value is -3.23. The van der Waals surface area contributed by atoms with E-state index >= 15 is 0 Å². The lowest BCUT2D eigenvalue weighted by Crippen LogP contribution is -2.54. The van der Waals surface area contributed by atoms with Gasteiger partial charge in [-0.1, -0.05) is 6.07 Å². The number of aryl methyl sites for hydroxylation is 1. The minimum Gasteiger partial charge on any atom is -0.465 e. The van der Waals surface area contributed by atoms with Crippen molar-refractivity contribution in [3.05, 3.63) is 70.5 Å². The van der Waals surface area contributed by atoms with E-state index in [-0.39, 0.29) is 26.2 Å². The zero-order valence-corrected chi connectivity index (χ0v) is 16.6. The fourth-order valence-electron chi connectivity index (χ4n) is 3.73. The van der Waals surface area contributed by atoms with Gasteiger partial charge in [0, 0.05) is 39.3 Å². The Labute approximate surface area is 172 Å². The van der Waals surface area contributed by atoms with E-state index in [4.69, 9.17) is 0 Å². The molecular formula is C21H22F3N3O3. The highest BCUT2D eigenvalue weighted by Gasteiger charge is 2.35. The normalized spacial score (nSPS) is 16.5. The maximum atomic E-state index is 13.6. The molecule has 2 aromatic rings. The molecule has 3 rings (SSSR count).